The predicted octanol–water partition coefficient (Wildman–Crippen LogP) is 3.23. The standard InChI is InChI=1S/C31H32N7O9P/c32-25-16-17-38(30(42)34-25)28-26(39)27(40)31(46-28,36-37-33)20-45-48(43,47-23-14-8-3-9-15-23)35-24(18-21-10-4-1-5-11-21)29(41)44-19-22-12-6-2-7-13-22/h1-17,24,26-28,39-40H,18-20H2,(H,35,43)(H2,32,34,42)/t24-,26+,27-,28+,31+,48?/m0/s1. The zero-order chi connectivity index (χ0) is 34.1. The maximum atomic E-state index is 14.5. The molecule has 1 aromatic heterocycles. The highest BCUT2D eigenvalue weighted by Gasteiger charge is 2.56. The van der Waals surface area contributed by atoms with Gasteiger partial charge in [-0.1, -0.05) is 84.0 Å². The van der Waals surface area contributed by atoms with E-state index in [9.17, 15) is 29.9 Å². The number of aromatic nitrogens is 2. The van der Waals surface area contributed by atoms with E-state index >= 15 is 0 Å². The van der Waals surface area contributed by atoms with Crippen LogP contribution in [0.3, 0.4) is 0 Å². The Labute approximate surface area is 273 Å². The maximum absolute atomic E-state index is 14.5. The average Bonchev–Trinajstić information content (AvgIpc) is 3.33. The summed E-state index contributed by atoms with van der Waals surface area (Å²) in [7, 11) is -4.66. The number of ether oxygens (including phenoxy) is 2. The molecule has 0 radical (unpaired) electrons. The molecule has 1 saturated heterocycles. The third-order valence-electron chi connectivity index (χ3n) is 7.26. The number of anilines is 1. The molecule has 1 aliphatic rings. The van der Waals surface area contributed by atoms with Crippen molar-refractivity contribution in [2.24, 2.45) is 5.11 Å². The summed E-state index contributed by atoms with van der Waals surface area (Å²) >= 11 is 0. The Morgan fingerprint density at radius 3 is 2.31 bits per heavy atom. The molecule has 1 unspecified atom stereocenters. The van der Waals surface area contributed by atoms with E-state index in [1.807, 2.05) is 6.07 Å². The minimum atomic E-state index is -4.66. The van der Waals surface area contributed by atoms with Crippen LogP contribution in [0.1, 0.15) is 17.4 Å². The highest BCUT2D eigenvalue weighted by atomic mass is 31.2. The van der Waals surface area contributed by atoms with Gasteiger partial charge in [-0.25, -0.2) is 9.36 Å². The van der Waals surface area contributed by atoms with Crippen LogP contribution in [0, 0.1) is 0 Å². The van der Waals surface area contributed by atoms with E-state index in [0.29, 0.717) is 5.56 Å². The summed E-state index contributed by atoms with van der Waals surface area (Å²) in [6.07, 6.45) is -4.30. The molecule has 17 heteroatoms. The average molecular weight is 678 g/mol. The van der Waals surface area contributed by atoms with Gasteiger partial charge in [0.1, 0.15) is 36.4 Å². The fourth-order valence-electron chi connectivity index (χ4n) is 4.86. The van der Waals surface area contributed by atoms with Gasteiger partial charge in [0.2, 0.25) is 5.72 Å². The van der Waals surface area contributed by atoms with Gasteiger partial charge >= 0.3 is 19.4 Å². The SMILES string of the molecule is [N-]=[N+]=N[C@]1(COP(=O)(N[C@@H](Cc2ccccc2)C(=O)OCc2ccccc2)Oc2ccccc2)O[C@@H](n2ccc(N)nc2=O)[C@H](O)[C@@H]1O. The molecule has 4 aromatic rings. The van der Waals surface area contributed by atoms with Crippen molar-refractivity contribution in [3.05, 3.63) is 135 Å². The largest absolute Gasteiger partial charge is 0.460 e. The molecule has 48 heavy (non-hydrogen) atoms. The number of carbonyl (C=O) groups excluding carboxylic acids is 1. The van der Waals surface area contributed by atoms with Crippen LogP contribution in [0.15, 0.2) is 113 Å². The molecule has 6 atom stereocenters. The van der Waals surface area contributed by atoms with E-state index in [4.69, 9.17) is 24.3 Å². The Morgan fingerprint density at radius 1 is 1.06 bits per heavy atom. The minimum Gasteiger partial charge on any atom is -0.460 e. The highest BCUT2D eigenvalue weighted by molar-refractivity contribution is 7.52. The lowest BCUT2D eigenvalue weighted by Crippen LogP contribution is -2.46. The molecule has 0 bridgehead atoms. The second kappa shape index (κ2) is 15.2. The van der Waals surface area contributed by atoms with Gasteiger partial charge in [-0.2, -0.15) is 10.1 Å². The summed E-state index contributed by atoms with van der Waals surface area (Å²) in [5.41, 5.74) is 13.0. The van der Waals surface area contributed by atoms with E-state index in [0.717, 1.165) is 10.1 Å². The first-order valence-electron chi connectivity index (χ1n) is 14.6. The van der Waals surface area contributed by atoms with E-state index in [1.54, 1.807) is 72.8 Å². The molecule has 0 amide bonds. The molecular weight excluding hydrogens is 645 g/mol. The fraction of sp³-hybridized carbons (Fsp3) is 0.258. The number of carbonyl (C=O) groups is 1. The molecule has 3 aromatic carbocycles. The van der Waals surface area contributed by atoms with Gasteiger partial charge in [0, 0.05) is 11.1 Å². The monoisotopic (exact) mass is 677 g/mol. The van der Waals surface area contributed by atoms with Crippen LogP contribution in [0.25, 0.3) is 10.4 Å². The van der Waals surface area contributed by atoms with Crippen LogP contribution < -0.4 is 21.0 Å². The maximum Gasteiger partial charge on any atom is 0.459 e. The van der Waals surface area contributed by atoms with Crippen LogP contribution in [0.5, 0.6) is 5.75 Å². The van der Waals surface area contributed by atoms with Crippen LogP contribution in [-0.4, -0.2) is 56.3 Å². The zero-order valence-electron chi connectivity index (χ0n) is 25.3. The number of hydrogen-bond donors (Lipinski definition) is 4. The lowest BCUT2D eigenvalue weighted by molar-refractivity contribution is -0.147. The van der Waals surface area contributed by atoms with Crippen molar-refractivity contribution in [3.8, 4) is 5.75 Å². The topological polar surface area (TPSA) is 233 Å². The van der Waals surface area contributed by atoms with Gasteiger partial charge < -0.3 is 29.9 Å². The lowest BCUT2D eigenvalue weighted by atomic mass is 10.1. The number of rotatable bonds is 14. The van der Waals surface area contributed by atoms with Gasteiger partial charge in [-0.3, -0.25) is 13.9 Å². The van der Waals surface area contributed by atoms with E-state index in [1.165, 1.54) is 24.4 Å². The molecule has 2 heterocycles. The number of para-hydroxylation sites is 1. The van der Waals surface area contributed by atoms with Crippen molar-refractivity contribution in [2.75, 3.05) is 12.3 Å². The summed E-state index contributed by atoms with van der Waals surface area (Å²) in [5, 5.41) is 28.1. The Hall–Kier alpha value is -5.05. The molecule has 16 nitrogen and oxygen atoms in total. The van der Waals surface area contributed by atoms with Crippen LogP contribution in [0.4, 0.5) is 5.82 Å². The molecule has 5 rings (SSSR count). The summed E-state index contributed by atoms with van der Waals surface area (Å²) in [4.78, 5) is 32.3. The molecule has 0 spiro atoms. The first-order chi connectivity index (χ1) is 23.1. The van der Waals surface area contributed by atoms with Crippen molar-refractivity contribution < 1.29 is 38.1 Å². The van der Waals surface area contributed by atoms with Gasteiger partial charge in [0.15, 0.2) is 6.23 Å². The minimum absolute atomic E-state index is 0.00553. The summed E-state index contributed by atoms with van der Waals surface area (Å²) in [6.45, 7) is -1.05. The number of aliphatic hydroxyl groups excluding tert-OH is 2. The van der Waals surface area contributed by atoms with Crippen LogP contribution in [-0.2, 0) is 36.4 Å². The Bertz CT molecular complexity index is 1850. The Kier molecular flexibility index (Phi) is 10.9. The Balaban J connectivity index is 1.44. The van der Waals surface area contributed by atoms with E-state index in [2.05, 4.69) is 20.1 Å². The number of azide groups is 1. The second-order valence-electron chi connectivity index (χ2n) is 10.7. The molecule has 0 aliphatic carbocycles. The van der Waals surface area contributed by atoms with Crippen molar-refractivity contribution >= 4 is 19.5 Å². The molecular formula is C31H32N7O9P. The molecule has 250 valence electrons. The van der Waals surface area contributed by atoms with Gasteiger partial charge in [-0.05, 0) is 41.3 Å². The van der Waals surface area contributed by atoms with Crippen molar-refractivity contribution in [3.63, 3.8) is 0 Å². The van der Waals surface area contributed by atoms with Crippen molar-refractivity contribution in [1.82, 2.24) is 14.6 Å². The first-order valence-corrected chi connectivity index (χ1v) is 16.1. The van der Waals surface area contributed by atoms with Crippen LogP contribution >= 0.6 is 7.75 Å². The molecule has 1 aliphatic heterocycles. The fourth-order valence-corrected chi connectivity index (χ4v) is 6.37. The summed E-state index contributed by atoms with van der Waals surface area (Å²) < 4.78 is 38.2. The number of nitrogens with one attached hydrogen (secondary N) is 1. The molecule has 0 saturated carbocycles. The van der Waals surface area contributed by atoms with Crippen molar-refractivity contribution in [1.29, 1.82) is 0 Å². The van der Waals surface area contributed by atoms with Gasteiger partial charge in [0.25, 0.3) is 0 Å². The number of benzene rings is 3. The molecule has 5 N–H and O–H groups in total. The number of aliphatic hydroxyl groups is 2. The lowest BCUT2D eigenvalue weighted by Gasteiger charge is -2.30. The van der Waals surface area contributed by atoms with E-state index in [-0.39, 0.29) is 24.6 Å². The van der Waals surface area contributed by atoms with E-state index < -0.39 is 56.2 Å². The van der Waals surface area contributed by atoms with Crippen LogP contribution in [0.2, 0.25) is 0 Å². The number of nitrogens with zero attached hydrogens (tertiary/aromatic N) is 5. The number of esters is 1. The number of nitrogens with two attached hydrogens (primary N) is 1. The summed E-state index contributed by atoms with van der Waals surface area (Å²) in [5.74, 6) is -0.810. The third kappa shape index (κ3) is 8.26. The smallest absolute Gasteiger partial charge is 0.459 e. The first kappa shape index (κ1) is 34.3. The molecule has 1 fully saturated rings. The zero-order valence-corrected chi connectivity index (χ0v) is 26.2. The van der Waals surface area contributed by atoms with Crippen molar-refractivity contribution in [2.45, 2.75) is 43.2 Å². The van der Waals surface area contributed by atoms with Gasteiger partial charge in [-0.15, -0.1) is 0 Å². The normalized spacial score (nSPS) is 22.2. The predicted molar refractivity (Wildman–Crippen MR) is 171 cm³/mol. The second-order valence-corrected chi connectivity index (χ2v) is 12.4. The third-order valence-corrected chi connectivity index (χ3v) is 8.81. The number of nitrogen functional groups attached to an aromatic ring is 1. The van der Waals surface area contributed by atoms with Gasteiger partial charge in [0.05, 0.1) is 6.61 Å². The number of hydrogen-bond acceptors (Lipinski definition) is 12. The quantitative estimate of drug-likeness (QED) is 0.0495. The Morgan fingerprint density at radius 2 is 1.69 bits per heavy atom. The highest BCUT2D eigenvalue weighted by Crippen LogP contribution is 2.48. The summed E-state index contributed by atoms with van der Waals surface area (Å²) in [6, 6.07) is 25.7.